The van der Waals surface area contributed by atoms with E-state index in [0.717, 1.165) is 21.5 Å². The van der Waals surface area contributed by atoms with Gasteiger partial charge >= 0.3 is 0 Å². The van der Waals surface area contributed by atoms with Crippen LogP contribution in [0, 0.1) is 0 Å². The van der Waals surface area contributed by atoms with Crippen molar-refractivity contribution in [1.82, 2.24) is 5.32 Å². The second-order valence-electron chi connectivity index (χ2n) is 3.13. The number of amides is 1. The molecule has 0 aliphatic heterocycles. The van der Waals surface area contributed by atoms with Gasteiger partial charge in [0.1, 0.15) is 0 Å². The summed E-state index contributed by atoms with van der Waals surface area (Å²) in [6.07, 6.45) is 2.34. The van der Waals surface area contributed by atoms with Crippen LogP contribution >= 0.6 is 38.9 Å². The summed E-state index contributed by atoms with van der Waals surface area (Å²) >= 11 is 10.5. The molecule has 5 heteroatoms. The van der Waals surface area contributed by atoms with Crippen molar-refractivity contribution in [3.05, 3.63) is 20.8 Å². The molecule has 0 saturated carbocycles. The van der Waals surface area contributed by atoms with Gasteiger partial charge in [-0.05, 0) is 40.9 Å². The average molecular weight is 311 g/mol. The van der Waals surface area contributed by atoms with Crippen LogP contribution in [0.5, 0.6) is 0 Å². The molecule has 0 aliphatic carbocycles. The summed E-state index contributed by atoms with van der Waals surface area (Å²) in [7, 11) is 0. The molecule has 0 fully saturated rings. The van der Waals surface area contributed by atoms with E-state index in [0.29, 0.717) is 18.8 Å². The Morgan fingerprint density at radius 1 is 1.47 bits per heavy atom. The lowest BCUT2D eigenvalue weighted by atomic mass is 10.2. The fraction of sp³-hybridized carbons (Fsp3) is 0.500. The molecule has 1 amide bonds. The highest BCUT2D eigenvalue weighted by atomic mass is 79.9. The lowest BCUT2D eigenvalue weighted by Crippen LogP contribution is -2.21. The third-order valence-corrected chi connectivity index (χ3v) is 3.77. The maximum atomic E-state index is 11.3. The topological polar surface area (TPSA) is 29.1 Å². The Kier molecular flexibility index (Phi) is 6.29. The fourth-order valence-corrected chi connectivity index (χ4v) is 2.71. The second-order valence-corrected chi connectivity index (χ2v) is 6.05. The number of thiophene rings is 1. The van der Waals surface area contributed by atoms with E-state index in [9.17, 15) is 4.79 Å². The number of rotatable bonds is 6. The van der Waals surface area contributed by atoms with Crippen molar-refractivity contribution in [2.45, 2.75) is 25.8 Å². The highest BCUT2D eigenvalue weighted by Crippen LogP contribution is 2.21. The number of hydrogen-bond donors (Lipinski definition) is 1. The first-order chi connectivity index (χ1) is 7.22. The van der Waals surface area contributed by atoms with Crippen molar-refractivity contribution in [2.75, 3.05) is 5.88 Å². The Morgan fingerprint density at radius 3 is 2.87 bits per heavy atom. The second kappa shape index (κ2) is 7.25. The number of carbonyl (C=O) groups excluding carboxylic acids is 1. The predicted molar refractivity (Wildman–Crippen MR) is 68.4 cm³/mol. The van der Waals surface area contributed by atoms with E-state index in [-0.39, 0.29) is 5.91 Å². The number of alkyl halides is 1. The minimum Gasteiger partial charge on any atom is -0.351 e. The summed E-state index contributed by atoms with van der Waals surface area (Å²) in [5.74, 6) is 0.732. The molecule has 15 heavy (non-hydrogen) atoms. The van der Waals surface area contributed by atoms with Crippen molar-refractivity contribution in [3.63, 3.8) is 0 Å². The van der Waals surface area contributed by atoms with Crippen LogP contribution in [0.15, 0.2) is 15.9 Å². The Bertz CT molecular complexity index is 316. The van der Waals surface area contributed by atoms with Gasteiger partial charge in [-0.1, -0.05) is 0 Å². The van der Waals surface area contributed by atoms with Crippen LogP contribution in [0.4, 0.5) is 0 Å². The third-order valence-electron chi connectivity index (χ3n) is 1.88. The summed E-state index contributed by atoms with van der Waals surface area (Å²) in [5, 5.41) is 2.88. The van der Waals surface area contributed by atoms with Crippen molar-refractivity contribution in [2.24, 2.45) is 0 Å². The molecule has 0 atom stereocenters. The van der Waals surface area contributed by atoms with Gasteiger partial charge in [0.2, 0.25) is 5.91 Å². The molecule has 0 unspecified atom stereocenters. The normalized spacial score (nSPS) is 10.3. The van der Waals surface area contributed by atoms with E-state index in [1.54, 1.807) is 11.3 Å². The molecular formula is C10H13BrClNOS. The molecule has 1 heterocycles. The SMILES string of the molecule is O=C(CCCCCl)NCc1ccc(Br)s1. The third kappa shape index (κ3) is 5.54. The van der Waals surface area contributed by atoms with Crippen LogP contribution in [0.3, 0.4) is 0 Å². The minimum atomic E-state index is 0.102. The molecular weight excluding hydrogens is 298 g/mol. The summed E-state index contributed by atoms with van der Waals surface area (Å²) in [4.78, 5) is 12.5. The van der Waals surface area contributed by atoms with E-state index in [4.69, 9.17) is 11.6 Å². The zero-order chi connectivity index (χ0) is 11.1. The number of unbranched alkanes of at least 4 members (excludes halogenated alkanes) is 1. The van der Waals surface area contributed by atoms with Crippen molar-refractivity contribution < 1.29 is 4.79 Å². The summed E-state index contributed by atoms with van der Waals surface area (Å²) in [6.45, 7) is 0.621. The molecule has 1 aromatic heterocycles. The van der Waals surface area contributed by atoms with Gasteiger partial charge in [-0.3, -0.25) is 4.79 Å². The lowest BCUT2D eigenvalue weighted by Gasteiger charge is -2.02. The molecule has 0 radical (unpaired) electrons. The van der Waals surface area contributed by atoms with Crippen LogP contribution in [0.1, 0.15) is 24.1 Å². The van der Waals surface area contributed by atoms with Gasteiger partial charge in [-0.15, -0.1) is 22.9 Å². The molecule has 0 aliphatic rings. The highest BCUT2D eigenvalue weighted by molar-refractivity contribution is 9.11. The average Bonchev–Trinajstić information content (AvgIpc) is 2.62. The van der Waals surface area contributed by atoms with Crippen molar-refractivity contribution in [3.8, 4) is 0 Å². The molecule has 0 bridgehead atoms. The maximum absolute atomic E-state index is 11.3. The molecule has 1 aromatic rings. The van der Waals surface area contributed by atoms with E-state index in [1.807, 2.05) is 12.1 Å². The molecule has 84 valence electrons. The van der Waals surface area contributed by atoms with Crippen LogP contribution in [0.2, 0.25) is 0 Å². The molecule has 0 spiro atoms. The number of nitrogens with one attached hydrogen (secondary N) is 1. The number of hydrogen-bond acceptors (Lipinski definition) is 2. The van der Waals surface area contributed by atoms with Crippen LogP contribution in [-0.4, -0.2) is 11.8 Å². The van der Waals surface area contributed by atoms with Gasteiger partial charge in [0.05, 0.1) is 10.3 Å². The lowest BCUT2D eigenvalue weighted by molar-refractivity contribution is -0.121. The van der Waals surface area contributed by atoms with E-state index < -0.39 is 0 Å². The Balaban J connectivity index is 2.16. The smallest absolute Gasteiger partial charge is 0.220 e. The molecule has 1 N–H and O–H groups in total. The first kappa shape index (κ1) is 13.0. The number of carbonyl (C=O) groups is 1. The summed E-state index contributed by atoms with van der Waals surface area (Å²) in [5.41, 5.74) is 0. The largest absolute Gasteiger partial charge is 0.351 e. The molecule has 2 nitrogen and oxygen atoms in total. The highest BCUT2D eigenvalue weighted by Gasteiger charge is 2.02. The first-order valence-corrected chi connectivity index (χ1v) is 6.93. The Morgan fingerprint density at radius 2 is 2.27 bits per heavy atom. The molecule has 1 rings (SSSR count). The quantitative estimate of drug-likeness (QED) is 0.632. The summed E-state index contributed by atoms with van der Waals surface area (Å²) < 4.78 is 1.09. The van der Waals surface area contributed by atoms with Crippen molar-refractivity contribution in [1.29, 1.82) is 0 Å². The predicted octanol–water partition coefficient (Wildman–Crippen LogP) is 3.54. The monoisotopic (exact) mass is 309 g/mol. The van der Waals surface area contributed by atoms with Crippen LogP contribution in [-0.2, 0) is 11.3 Å². The van der Waals surface area contributed by atoms with Gasteiger partial charge in [-0.2, -0.15) is 0 Å². The van der Waals surface area contributed by atoms with Gasteiger partial charge in [0, 0.05) is 17.2 Å². The Hall–Kier alpha value is -0.0600. The zero-order valence-corrected chi connectivity index (χ0v) is 11.4. The zero-order valence-electron chi connectivity index (χ0n) is 8.26. The van der Waals surface area contributed by atoms with E-state index in [1.165, 1.54) is 0 Å². The fourth-order valence-electron chi connectivity index (χ4n) is 1.10. The van der Waals surface area contributed by atoms with E-state index in [2.05, 4.69) is 21.2 Å². The number of halogens is 2. The molecule has 0 aromatic carbocycles. The van der Waals surface area contributed by atoms with Crippen molar-refractivity contribution >= 4 is 44.8 Å². The minimum absolute atomic E-state index is 0.102. The Labute approximate surface area is 107 Å². The van der Waals surface area contributed by atoms with Gasteiger partial charge in [-0.25, -0.2) is 0 Å². The first-order valence-electron chi connectivity index (χ1n) is 4.79. The van der Waals surface area contributed by atoms with Crippen LogP contribution in [0.25, 0.3) is 0 Å². The van der Waals surface area contributed by atoms with Crippen LogP contribution < -0.4 is 5.32 Å². The van der Waals surface area contributed by atoms with Gasteiger partial charge < -0.3 is 5.32 Å². The summed E-state index contributed by atoms with van der Waals surface area (Å²) in [6, 6.07) is 3.99. The molecule has 0 saturated heterocycles. The van der Waals surface area contributed by atoms with E-state index >= 15 is 0 Å². The maximum Gasteiger partial charge on any atom is 0.220 e. The van der Waals surface area contributed by atoms with Gasteiger partial charge in [0.15, 0.2) is 0 Å². The standard InChI is InChI=1S/C10H13BrClNOS/c11-9-5-4-8(15-9)7-13-10(14)3-1-2-6-12/h4-5H,1-3,6-7H2,(H,13,14). The van der Waals surface area contributed by atoms with Gasteiger partial charge in [0.25, 0.3) is 0 Å².